The van der Waals surface area contributed by atoms with Gasteiger partial charge < -0.3 is 15.5 Å². The molecule has 24 heavy (non-hydrogen) atoms. The first-order valence-electron chi connectivity index (χ1n) is 8.87. The molecular weight excluding hydrogens is 322 g/mol. The standard InChI is InChI=1S/C18H31N3O2S/c1-13(19-3)16(22)20-15(7-12-24-4)17(23)21-11-10-18(14(21)2)8-5-6-9-18/h5-6,13-15,19H,7-12H2,1-4H3,(H,20,22)/t13-,14+,15-/m0/s1. The molecular formula is C18H31N3O2S. The molecule has 0 bridgehead atoms. The Morgan fingerprint density at radius 1 is 1.38 bits per heavy atom. The van der Waals surface area contributed by atoms with Crippen molar-refractivity contribution in [2.24, 2.45) is 5.41 Å². The van der Waals surface area contributed by atoms with Crippen LogP contribution in [0.5, 0.6) is 0 Å². The molecule has 2 aliphatic rings. The lowest BCUT2D eigenvalue weighted by Crippen LogP contribution is -2.54. The van der Waals surface area contributed by atoms with Crippen molar-refractivity contribution >= 4 is 23.6 Å². The van der Waals surface area contributed by atoms with E-state index in [9.17, 15) is 9.59 Å². The van der Waals surface area contributed by atoms with Crippen LogP contribution in [-0.2, 0) is 9.59 Å². The van der Waals surface area contributed by atoms with E-state index < -0.39 is 6.04 Å². The molecule has 1 saturated heterocycles. The van der Waals surface area contributed by atoms with Crippen LogP contribution in [0.15, 0.2) is 12.2 Å². The molecule has 2 N–H and O–H groups in total. The van der Waals surface area contributed by atoms with Gasteiger partial charge in [-0.2, -0.15) is 11.8 Å². The van der Waals surface area contributed by atoms with Crippen LogP contribution in [0, 0.1) is 5.41 Å². The van der Waals surface area contributed by atoms with E-state index in [-0.39, 0.29) is 29.3 Å². The van der Waals surface area contributed by atoms with Gasteiger partial charge in [-0.3, -0.25) is 9.59 Å². The second-order valence-corrected chi connectivity index (χ2v) is 8.04. The summed E-state index contributed by atoms with van der Waals surface area (Å²) in [5.41, 5.74) is 0.224. The van der Waals surface area contributed by atoms with Gasteiger partial charge in [0, 0.05) is 12.6 Å². The Bertz CT molecular complexity index is 487. The second kappa shape index (κ2) is 8.39. The average molecular weight is 354 g/mol. The third-order valence-corrected chi connectivity index (χ3v) is 6.40. The number of nitrogens with one attached hydrogen (secondary N) is 2. The summed E-state index contributed by atoms with van der Waals surface area (Å²) in [5.74, 6) is 0.831. The fourth-order valence-electron chi connectivity index (χ4n) is 3.76. The van der Waals surface area contributed by atoms with Crippen LogP contribution in [0.1, 0.15) is 39.5 Å². The third kappa shape index (κ3) is 3.97. The van der Waals surface area contributed by atoms with E-state index in [1.165, 1.54) is 0 Å². The summed E-state index contributed by atoms with van der Waals surface area (Å²) >= 11 is 1.70. The minimum Gasteiger partial charge on any atom is -0.343 e. The number of amides is 2. The van der Waals surface area contributed by atoms with Crippen LogP contribution < -0.4 is 10.6 Å². The van der Waals surface area contributed by atoms with Gasteiger partial charge in [0.05, 0.1) is 6.04 Å². The van der Waals surface area contributed by atoms with Crippen LogP contribution >= 0.6 is 11.8 Å². The zero-order valence-electron chi connectivity index (χ0n) is 15.3. The number of likely N-dealkylation sites (N-methyl/N-ethyl adjacent to an activating group) is 1. The molecule has 1 aliphatic heterocycles. The molecule has 0 aromatic carbocycles. The van der Waals surface area contributed by atoms with Crippen molar-refractivity contribution in [1.82, 2.24) is 15.5 Å². The number of carbonyl (C=O) groups excluding carboxylic acids is 2. The van der Waals surface area contributed by atoms with Crippen LogP contribution in [-0.4, -0.2) is 60.4 Å². The summed E-state index contributed by atoms with van der Waals surface area (Å²) in [6.07, 6.45) is 10.4. The Labute approximate surface area is 150 Å². The second-order valence-electron chi connectivity index (χ2n) is 7.05. The quantitative estimate of drug-likeness (QED) is 0.685. The highest BCUT2D eigenvalue weighted by Gasteiger charge is 2.47. The van der Waals surface area contributed by atoms with Crippen molar-refractivity contribution < 1.29 is 9.59 Å². The van der Waals surface area contributed by atoms with Crippen molar-refractivity contribution in [1.29, 1.82) is 0 Å². The molecule has 3 atom stereocenters. The summed E-state index contributed by atoms with van der Waals surface area (Å²) in [4.78, 5) is 27.3. The maximum absolute atomic E-state index is 13.1. The van der Waals surface area contributed by atoms with Crippen LogP contribution in [0.3, 0.4) is 0 Å². The van der Waals surface area contributed by atoms with Gasteiger partial charge in [0.2, 0.25) is 11.8 Å². The van der Waals surface area contributed by atoms with Crippen LogP contribution in [0.25, 0.3) is 0 Å². The highest BCUT2D eigenvalue weighted by Crippen LogP contribution is 2.46. The minimum absolute atomic E-state index is 0.0805. The molecule has 0 saturated carbocycles. The summed E-state index contributed by atoms with van der Waals surface area (Å²) in [6.45, 7) is 4.78. The van der Waals surface area contributed by atoms with Gasteiger partial charge in [0.15, 0.2) is 0 Å². The first kappa shape index (κ1) is 19.3. The minimum atomic E-state index is -0.423. The maximum Gasteiger partial charge on any atom is 0.245 e. The number of rotatable bonds is 7. The molecule has 1 aliphatic carbocycles. The van der Waals surface area contributed by atoms with Crippen molar-refractivity contribution in [3.05, 3.63) is 12.2 Å². The molecule has 6 heteroatoms. The van der Waals surface area contributed by atoms with E-state index >= 15 is 0 Å². The first-order chi connectivity index (χ1) is 11.4. The third-order valence-electron chi connectivity index (χ3n) is 5.75. The van der Waals surface area contributed by atoms with E-state index in [2.05, 4.69) is 29.7 Å². The Morgan fingerprint density at radius 2 is 2.04 bits per heavy atom. The molecule has 0 aromatic rings. The predicted molar refractivity (Wildman–Crippen MR) is 100 cm³/mol. The van der Waals surface area contributed by atoms with E-state index in [0.717, 1.165) is 31.6 Å². The number of hydrogen-bond donors (Lipinski definition) is 2. The summed E-state index contributed by atoms with van der Waals surface area (Å²) in [7, 11) is 1.75. The van der Waals surface area contributed by atoms with Crippen LogP contribution in [0.2, 0.25) is 0 Å². The molecule has 1 heterocycles. The smallest absolute Gasteiger partial charge is 0.245 e. The van der Waals surface area contributed by atoms with E-state index in [0.29, 0.717) is 6.42 Å². The van der Waals surface area contributed by atoms with Crippen molar-refractivity contribution in [3.8, 4) is 0 Å². The van der Waals surface area contributed by atoms with E-state index in [1.54, 1.807) is 18.8 Å². The molecule has 1 spiro atoms. The Hall–Kier alpha value is -1.01. The lowest BCUT2D eigenvalue weighted by Gasteiger charge is -2.34. The Morgan fingerprint density at radius 3 is 2.62 bits per heavy atom. The zero-order chi connectivity index (χ0) is 17.7. The normalized spacial score (nSPS) is 24.3. The lowest BCUT2D eigenvalue weighted by atomic mass is 9.79. The van der Waals surface area contributed by atoms with Crippen molar-refractivity contribution in [3.63, 3.8) is 0 Å². The molecule has 2 amide bonds. The van der Waals surface area contributed by atoms with Crippen LogP contribution in [0.4, 0.5) is 0 Å². The largest absolute Gasteiger partial charge is 0.343 e. The summed E-state index contributed by atoms with van der Waals surface area (Å²) in [5, 5.41) is 5.89. The van der Waals surface area contributed by atoms with Crippen molar-refractivity contribution in [2.75, 3.05) is 25.6 Å². The average Bonchev–Trinajstić information content (AvgIpc) is 3.19. The number of carbonyl (C=O) groups is 2. The zero-order valence-corrected chi connectivity index (χ0v) is 16.1. The molecule has 0 radical (unpaired) electrons. The number of allylic oxidation sites excluding steroid dienone is 2. The highest BCUT2D eigenvalue weighted by atomic mass is 32.2. The van der Waals surface area contributed by atoms with Gasteiger partial charge >= 0.3 is 0 Å². The lowest BCUT2D eigenvalue weighted by molar-refractivity contribution is -0.138. The number of thioether (sulfide) groups is 1. The van der Waals surface area contributed by atoms with Gasteiger partial charge in [-0.25, -0.2) is 0 Å². The van der Waals surface area contributed by atoms with Gasteiger partial charge in [-0.05, 0) is 64.0 Å². The highest BCUT2D eigenvalue weighted by molar-refractivity contribution is 7.98. The first-order valence-corrected chi connectivity index (χ1v) is 10.3. The fraction of sp³-hybridized carbons (Fsp3) is 0.778. The SMILES string of the molecule is CN[C@@H](C)C(=O)N[C@@H](CCSC)C(=O)N1CCC2(CC=CC2)[C@H]1C. The van der Waals surface area contributed by atoms with Gasteiger partial charge in [-0.1, -0.05) is 12.2 Å². The monoisotopic (exact) mass is 353 g/mol. The molecule has 5 nitrogen and oxygen atoms in total. The number of nitrogens with zero attached hydrogens (tertiary/aromatic N) is 1. The molecule has 2 rings (SSSR count). The Balaban J connectivity index is 2.05. The molecule has 1 fully saturated rings. The van der Waals surface area contributed by atoms with Gasteiger partial charge in [0.25, 0.3) is 0 Å². The fourth-order valence-corrected chi connectivity index (χ4v) is 4.23. The predicted octanol–water partition coefficient (Wildman–Crippen LogP) is 1.79. The topological polar surface area (TPSA) is 61.4 Å². The molecule has 0 aromatic heterocycles. The van der Waals surface area contributed by atoms with Gasteiger partial charge in [0.1, 0.15) is 6.04 Å². The molecule has 136 valence electrons. The number of likely N-dealkylation sites (tertiary alicyclic amines) is 1. The van der Waals surface area contributed by atoms with E-state index in [4.69, 9.17) is 0 Å². The van der Waals surface area contributed by atoms with Crippen molar-refractivity contribution in [2.45, 2.75) is 57.7 Å². The maximum atomic E-state index is 13.1. The van der Waals surface area contributed by atoms with E-state index in [1.807, 2.05) is 18.1 Å². The summed E-state index contributed by atoms with van der Waals surface area (Å²) in [6, 6.07) is -0.487. The molecule has 0 unspecified atom stereocenters. The summed E-state index contributed by atoms with van der Waals surface area (Å²) < 4.78 is 0. The Kier molecular flexibility index (Phi) is 6.75. The number of hydrogen-bond acceptors (Lipinski definition) is 4. The van der Waals surface area contributed by atoms with Gasteiger partial charge in [-0.15, -0.1) is 0 Å².